The lowest BCUT2D eigenvalue weighted by molar-refractivity contribution is -0.133. The average molecular weight is 491 g/mol. The van der Waals surface area contributed by atoms with Gasteiger partial charge in [0, 0.05) is 52.3 Å². The molecule has 0 spiro atoms. The van der Waals surface area contributed by atoms with E-state index < -0.39 is 6.10 Å². The van der Waals surface area contributed by atoms with Crippen molar-refractivity contribution in [3.05, 3.63) is 72.1 Å². The van der Waals surface area contributed by atoms with Gasteiger partial charge in [0.05, 0.1) is 30.2 Å². The van der Waals surface area contributed by atoms with Gasteiger partial charge in [0.25, 0.3) is 5.91 Å². The monoisotopic (exact) mass is 490 g/mol. The van der Waals surface area contributed by atoms with Gasteiger partial charge in [-0.25, -0.2) is 14.4 Å². The zero-order valence-corrected chi connectivity index (χ0v) is 20.2. The molecule has 0 unspecified atom stereocenters. The molecule has 0 radical (unpaired) electrons. The van der Waals surface area contributed by atoms with Crippen molar-refractivity contribution in [3.63, 3.8) is 0 Å². The van der Waals surface area contributed by atoms with Gasteiger partial charge in [0.2, 0.25) is 11.9 Å². The Labute approximate surface area is 208 Å². The number of halogens is 1. The number of carbonyl (C=O) groups is 2. The summed E-state index contributed by atoms with van der Waals surface area (Å²) >= 11 is 0. The molecule has 2 saturated heterocycles. The lowest BCUT2D eigenvalue weighted by Crippen LogP contribution is -2.54. The van der Waals surface area contributed by atoms with Crippen LogP contribution in [0, 0.1) is 11.7 Å². The maximum Gasteiger partial charge on any atom is 0.268 e. The first-order valence-electron chi connectivity index (χ1n) is 11.8. The zero-order chi connectivity index (χ0) is 25.2. The predicted molar refractivity (Wildman–Crippen MR) is 131 cm³/mol. The summed E-state index contributed by atoms with van der Waals surface area (Å²) in [7, 11) is 3.50. The van der Waals surface area contributed by atoms with Crippen molar-refractivity contribution in [2.75, 3.05) is 43.5 Å². The van der Waals surface area contributed by atoms with Crippen LogP contribution in [0.25, 0.3) is 0 Å². The molecule has 0 saturated carbocycles. The van der Waals surface area contributed by atoms with Gasteiger partial charge >= 0.3 is 0 Å². The number of carbonyl (C=O) groups excluding carboxylic acids is 2. The number of nitrogens with zero attached hydrogens (tertiary/aromatic N) is 6. The number of pyridine rings is 1. The topological polar surface area (TPSA) is 91.8 Å². The van der Waals surface area contributed by atoms with Gasteiger partial charge in [0.1, 0.15) is 11.6 Å². The molecule has 0 bridgehead atoms. The number of anilines is 2. The van der Waals surface area contributed by atoms with E-state index in [1.165, 1.54) is 12.1 Å². The van der Waals surface area contributed by atoms with E-state index >= 15 is 0 Å². The normalized spacial score (nSPS) is 17.8. The third kappa shape index (κ3) is 4.98. The second-order valence-electron chi connectivity index (χ2n) is 9.25. The highest BCUT2D eigenvalue weighted by Gasteiger charge is 2.37. The number of amides is 2. The molecule has 3 aromatic rings. The standard InChI is InChI=1S/C26H27FN6O3/c1-31(2)24(34)18-15-32(16-18)26-29-12-21(13-30-26)33-10-9-23(25(33)35)36-22-8-7-20(28-14-22)11-17-3-5-19(27)6-4-17/h3-8,12-14,18,23H,9-11,15-16H2,1-2H3/t23-/m1/s1. The highest BCUT2D eigenvalue weighted by atomic mass is 19.1. The number of hydrogen-bond acceptors (Lipinski definition) is 7. The predicted octanol–water partition coefficient (Wildman–Crippen LogP) is 2.31. The molecule has 2 amide bonds. The van der Waals surface area contributed by atoms with Gasteiger partial charge in [-0.3, -0.25) is 14.6 Å². The van der Waals surface area contributed by atoms with Gasteiger partial charge in [-0.1, -0.05) is 12.1 Å². The van der Waals surface area contributed by atoms with Gasteiger partial charge in [-0.15, -0.1) is 0 Å². The Morgan fingerprint density at radius 2 is 1.78 bits per heavy atom. The van der Waals surface area contributed by atoms with Crippen molar-refractivity contribution in [1.29, 1.82) is 0 Å². The van der Waals surface area contributed by atoms with Crippen LogP contribution in [-0.4, -0.2) is 71.5 Å². The molecule has 2 aliphatic heterocycles. The van der Waals surface area contributed by atoms with E-state index in [9.17, 15) is 14.0 Å². The van der Waals surface area contributed by atoms with Gasteiger partial charge in [0.15, 0.2) is 6.10 Å². The molecule has 1 atom stereocenters. The molecule has 2 fully saturated rings. The quantitative estimate of drug-likeness (QED) is 0.502. The highest BCUT2D eigenvalue weighted by molar-refractivity contribution is 5.98. The lowest BCUT2D eigenvalue weighted by atomic mass is 9.99. The molecule has 10 heteroatoms. The molecule has 0 N–H and O–H groups in total. The van der Waals surface area contributed by atoms with E-state index in [0.29, 0.717) is 49.9 Å². The minimum absolute atomic E-state index is 0.0344. The number of ether oxygens (including phenoxy) is 1. The molecule has 186 valence electrons. The fraction of sp³-hybridized carbons (Fsp3) is 0.346. The van der Waals surface area contributed by atoms with Crippen LogP contribution in [0.15, 0.2) is 55.0 Å². The summed E-state index contributed by atoms with van der Waals surface area (Å²) in [5, 5.41) is 0. The fourth-order valence-electron chi connectivity index (χ4n) is 4.36. The summed E-state index contributed by atoms with van der Waals surface area (Å²) in [6.45, 7) is 1.68. The second-order valence-corrected chi connectivity index (χ2v) is 9.25. The minimum atomic E-state index is -0.609. The summed E-state index contributed by atoms with van der Waals surface area (Å²) in [4.78, 5) is 43.4. The zero-order valence-electron chi connectivity index (χ0n) is 20.2. The van der Waals surface area contributed by atoms with Crippen LogP contribution in [0.5, 0.6) is 5.75 Å². The van der Waals surface area contributed by atoms with Gasteiger partial charge in [-0.05, 0) is 29.8 Å². The van der Waals surface area contributed by atoms with Crippen molar-refractivity contribution >= 4 is 23.5 Å². The number of hydrogen-bond donors (Lipinski definition) is 0. The SMILES string of the molecule is CN(C)C(=O)C1CN(c2ncc(N3CC[C@@H](Oc4ccc(Cc5ccc(F)cc5)nc4)C3=O)cn2)C1. The Hall–Kier alpha value is -4.08. The lowest BCUT2D eigenvalue weighted by Gasteiger charge is -2.39. The Morgan fingerprint density at radius 1 is 1.06 bits per heavy atom. The van der Waals surface area contributed by atoms with Crippen LogP contribution in [-0.2, 0) is 16.0 Å². The van der Waals surface area contributed by atoms with Crippen LogP contribution in [0.1, 0.15) is 17.7 Å². The largest absolute Gasteiger partial charge is 0.479 e. The van der Waals surface area contributed by atoms with Gasteiger partial charge < -0.3 is 19.4 Å². The Morgan fingerprint density at radius 3 is 2.42 bits per heavy atom. The molecule has 4 heterocycles. The summed E-state index contributed by atoms with van der Waals surface area (Å²) in [6, 6.07) is 9.96. The van der Waals surface area contributed by atoms with Crippen LogP contribution in [0.4, 0.5) is 16.0 Å². The van der Waals surface area contributed by atoms with Crippen LogP contribution in [0.2, 0.25) is 0 Å². The van der Waals surface area contributed by atoms with Crippen molar-refractivity contribution < 1.29 is 18.7 Å². The van der Waals surface area contributed by atoms with Gasteiger partial charge in [-0.2, -0.15) is 0 Å². The summed E-state index contributed by atoms with van der Waals surface area (Å²) < 4.78 is 19.0. The number of rotatable bonds is 7. The van der Waals surface area contributed by atoms with Crippen LogP contribution < -0.4 is 14.5 Å². The molecular weight excluding hydrogens is 463 g/mol. The second kappa shape index (κ2) is 9.88. The number of benzene rings is 1. The number of aromatic nitrogens is 3. The third-order valence-electron chi connectivity index (χ3n) is 6.42. The Bertz CT molecular complexity index is 1230. The van der Waals surface area contributed by atoms with Crippen LogP contribution in [0.3, 0.4) is 0 Å². The molecule has 36 heavy (non-hydrogen) atoms. The third-order valence-corrected chi connectivity index (χ3v) is 6.42. The molecule has 2 aliphatic rings. The maximum absolute atomic E-state index is 13.1. The van der Waals surface area contributed by atoms with E-state index in [4.69, 9.17) is 4.74 Å². The minimum Gasteiger partial charge on any atom is -0.479 e. The first-order chi connectivity index (χ1) is 17.4. The molecule has 9 nitrogen and oxygen atoms in total. The Kier molecular flexibility index (Phi) is 6.49. The molecule has 0 aliphatic carbocycles. The molecular formula is C26H27FN6O3. The average Bonchev–Trinajstić information content (AvgIpc) is 3.21. The van der Waals surface area contributed by atoms with E-state index in [-0.39, 0.29) is 23.5 Å². The first kappa shape index (κ1) is 23.7. The van der Waals surface area contributed by atoms with E-state index in [2.05, 4.69) is 15.0 Å². The fourth-order valence-corrected chi connectivity index (χ4v) is 4.36. The maximum atomic E-state index is 13.1. The van der Waals surface area contributed by atoms with Crippen LogP contribution >= 0.6 is 0 Å². The van der Waals surface area contributed by atoms with E-state index in [0.717, 1.165) is 11.3 Å². The van der Waals surface area contributed by atoms with E-state index in [1.54, 1.807) is 60.7 Å². The van der Waals surface area contributed by atoms with E-state index in [1.807, 2.05) is 11.0 Å². The summed E-state index contributed by atoms with van der Waals surface area (Å²) in [6.07, 6.45) is 5.39. The summed E-state index contributed by atoms with van der Waals surface area (Å²) in [5.41, 5.74) is 2.40. The van der Waals surface area contributed by atoms with Crippen molar-refractivity contribution in [2.24, 2.45) is 5.92 Å². The Balaban J connectivity index is 1.15. The molecule has 5 rings (SSSR count). The van der Waals surface area contributed by atoms with Crippen molar-refractivity contribution in [2.45, 2.75) is 18.9 Å². The first-order valence-corrected chi connectivity index (χ1v) is 11.8. The molecule has 2 aromatic heterocycles. The van der Waals surface area contributed by atoms with Crippen molar-refractivity contribution in [3.8, 4) is 5.75 Å². The smallest absolute Gasteiger partial charge is 0.268 e. The summed E-state index contributed by atoms with van der Waals surface area (Å²) in [5.74, 6) is 0.720. The molecule has 1 aromatic carbocycles. The van der Waals surface area contributed by atoms with Crippen molar-refractivity contribution in [1.82, 2.24) is 19.9 Å². The highest BCUT2D eigenvalue weighted by Crippen LogP contribution is 2.27.